The van der Waals surface area contributed by atoms with Crippen molar-refractivity contribution < 1.29 is 13.9 Å². The Hall–Kier alpha value is -2.63. The molecule has 0 atom stereocenters. The van der Waals surface area contributed by atoms with E-state index in [0.717, 1.165) is 0 Å². The van der Waals surface area contributed by atoms with E-state index in [4.69, 9.17) is 14.9 Å². The van der Waals surface area contributed by atoms with Gasteiger partial charge in [0.05, 0.1) is 19.8 Å². The fraction of sp³-hybridized carbons (Fsp3) is 0.143. The zero-order valence-electron chi connectivity index (χ0n) is 11.1. The minimum Gasteiger partial charge on any atom is -0.494 e. The van der Waals surface area contributed by atoms with Crippen LogP contribution >= 0.6 is 0 Å². The quantitative estimate of drug-likeness (QED) is 0.665. The highest BCUT2D eigenvalue weighted by Gasteiger charge is 2.10. The summed E-state index contributed by atoms with van der Waals surface area (Å²) in [6.45, 7) is 0. The molecule has 0 fully saturated rings. The van der Waals surface area contributed by atoms with Gasteiger partial charge in [-0.25, -0.2) is 9.37 Å². The van der Waals surface area contributed by atoms with Gasteiger partial charge in [-0.2, -0.15) is 0 Å². The molecule has 0 amide bonds. The zero-order valence-corrected chi connectivity index (χ0v) is 11.1. The van der Waals surface area contributed by atoms with E-state index in [2.05, 4.69) is 10.3 Å². The number of aromatic nitrogens is 1. The van der Waals surface area contributed by atoms with Crippen LogP contribution in [0.25, 0.3) is 0 Å². The molecule has 0 aliphatic carbocycles. The summed E-state index contributed by atoms with van der Waals surface area (Å²) in [5.74, 6) is 0.104. The number of hydrogen-bond acceptors (Lipinski definition) is 4. The minimum atomic E-state index is -0.455. The molecule has 104 valence electrons. The topological polar surface area (TPSA) is 67.2 Å². The molecule has 1 aromatic heterocycles. The second-order valence-corrected chi connectivity index (χ2v) is 3.91. The van der Waals surface area contributed by atoms with Gasteiger partial charge in [-0.3, -0.25) is 5.41 Å². The molecule has 0 saturated heterocycles. The number of halogens is 1. The number of hydrogen-bond donors (Lipinski definition) is 2. The number of nitrogens with zero attached hydrogens (tertiary/aromatic N) is 1. The van der Waals surface area contributed by atoms with E-state index in [9.17, 15) is 4.39 Å². The van der Waals surface area contributed by atoms with Crippen LogP contribution in [0.3, 0.4) is 0 Å². The first kappa shape index (κ1) is 13.8. The molecule has 0 saturated carbocycles. The van der Waals surface area contributed by atoms with Crippen LogP contribution in [-0.4, -0.2) is 25.0 Å². The van der Waals surface area contributed by atoms with Crippen LogP contribution < -0.4 is 14.8 Å². The van der Waals surface area contributed by atoms with Gasteiger partial charge < -0.3 is 14.8 Å². The molecule has 0 spiro atoms. The molecule has 2 N–H and O–H groups in total. The van der Waals surface area contributed by atoms with E-state index >= 15 is 0 Å². The fourth-order valence-electron chi connectivity index (χ4n) is 1.69. The number of rotatable bonds is 4. The predicted molar refractivity (Wildman–Crippen MR) is 74.2 cm³/mol. The van der Waals surface area contributed by atoms with Crippen molar-refractivity contribution in [3.63, 3.8) is 0 Å². The van der Waals surface area contributed by atoms with Crippen molar-refractivity contribution in [3.8, 4) is 11.6 Å². The summed E-state index contributed by atoms with van der Waals surface area (Å²) >= 11 is 0. The summed E-state index contributed by atoms with van der Waals surface area (Å²) in [4.78, 5) is 4.02. The van der Waals surface area contributed by atoms with Crippen LogP contribution in [0.15, 0.2) is 36.5 Å². The Balaban J connectivity index is 2.23. The molecule has 0 bridgehead atoms. The second-order valence-electron chi connectivity index (χ2n) is 3.91. The van der Waals surface area contributed by atoms with Crippen molar-refractivity contribution in [3.05, 3.63) is 47.9 Å². The molecule has 0 radical (unpaired) electrons. The van der Waals surface area contributed by atoms with Crippen LogP contribution in [0.2, 0.25) is 0 Å². The van der Waals surface area contributed by atoms with Gasteiger partial charge >= 0.3 is 0 Å². The summed E-state index contributed by atoms with van der Waals surface area (Å²) in [6, 6.07) is 7.69. The number of ether oxygens (including phenoxy) is 2. The van der Waals surface area contributed by atoms with E-state index in [1.54, 1.807) is 18.3 Å². The second kappa shape index (κ2) is 6.01. The Labute approximate surface area is 115 Å². The average Bonchev–Trinajstić information content (AvgIpc) is 2.49. The number of nitrogens with one attached hydrogen (secondary N) is 2. The predicted octanol–water partition coefficient (Wildman–Crippen LogP) is 2.68. The third-order valence-electron chi connectivity index (χ3n) is 2.65. The molecule has 1 aromatic carbocycles. The number of methoxy groups -OCH3 is 2. The lowest BCUT2D eigenvalue weighted by molar-refractivity contribution is 0.387. The summed E-state index contributed by atoms with van der Waals surface area (Å²) < 4.78 is 23.3. The maximum absolute atomic E-state index is 13.3. The van der Waals surface area contributed by atoms with Gasteiger partial charge in [0.1, 0.15) is 5.84 Å². The van der Waals surface area contributed by atoms with Gasteiger partial charge in [0.15, 0.2) is 11.6 Å². The molecule has 0 aliphatic heterocycles. The van der Waals surface area contributed by atoms with Gasteiger partial charge in [-0.15, -0.1) is 0 Å². The Morgan fingerprint density at radius 1 is 1.25 bits per heavy atom. The van der Waals surface area contributed by atoms with E-state index in [1.165, 1.54) is 32.4 Å². The minimum absolute atomic E-state index is 0.101. The first-order valence-electron chi connectivity index (χ1n) is 5.84. The molecule has 0 aliphatic rings. The van der Waals surface area contributed by atoms with E-state index in [1.807, 2.05) is 0 Å². The Kier molecular flexibility index (Phi) is 4.14. The SMILES string of the molecule is COc1cc(NC(=N)c2cccnc2OC)ccc1F. The maximum atomic E-state index is 13.3. The van der Waals surface area contributed by atoms with Crippen LogP contribution in [0.4, 0.5) is 10.1 Å². The van der Waals surface area contributed by atoms with Gasteiger partial charge in [0.2, 0.25) is 5.88 Å². The highest BCUT2D eigenvalue weighted by atomic mass is 19.1. The molecule has 1 heterocycles. The molecule has 6 heteroatoms. The summed E-state index contributed by atoms with van der Waals surface area (Å²) in [5.41, 5.74) is 1.05. The molecule has 2 aromatic rings. The summed E-state index contributed by atoms with van der Waals surface area (Å²) in [6.07, 6.45) is 1.58. The average molecular weight is 275 g/mol. The fourth-order valence-corrected chi connectivity index (χ4v) is 1.69. The summed E-state index contributed by atoms with van der Waals surface area (Å²) in [5, 5.41) is 10.9. The van der Waals surface area contributed by atoms with Crippen molar-refractivity contribution in [1.82, 2.24) is 4.98 Å². The monoisotopic (exact) mass is 275 g/mol. The number of benzene rings is 1. The molecular formula is C14H14FN3O2. The van der Waals surface area contributed by atoms with E-state index < -0.39 is 5.82 Å². The van der Waals surface area contributed by atoms with E-state index in [-0.39, 0.29) is 11.6 Å². The van der Waals surface area contributed by atoms with Crippen molar-refractivity contribution in [2.45, 2.75) is 0 Å². The van der Waals surface area contributed by atoms with Crippen LogP contribution in [0, 0.1) is 11.2 Å². The van der Waals surface area contributed by atoms with Crippen LogP contribution in [-0.2, 0) is 0 Å². The molecule has 2 rings (SSSR count). The Morgan fingerprint density at radius 2 is 2.05 bits per heavy atom. The zero-order chi connectivity index (χ0) is 14.5. The van der Waals surface area contributed by atoms with E-state index in [0.29, 0.717) is 17.1 Å². The normalized spacial score (nSPS) is 9.95. The highest BCUT2D eigenvalue weighted by Crippen LogP contribution is 2.22. The molecule has 20 heavy (non-hydrogen) atoms. The smallest absolute Gasteiger partial charge is 0.224 e. The molecule has 5 nitrogen and oxygen atoms in total. The number of pyridine rings is 1. The number of amidine groups is 1. The third-order valence-corrected chi connectivity index (χ3v) is 2.65. The van der Waals surface area contributed by atoms with Gasteiger partial charge in [-0.1, -0.05) is 0 Å². The van der Waals surface area contributed by atoms with Crippen LogP contribution in [0.5, 0.6) is 11.6 Å². The molecular weight excluding hydrogens is 261 g/mol. The van der Waals surface area contributed by atoms with Crippen LogP contribution in [0.1, 0.15) is 5.56 Å². The maximum Gasteiger partial charge on any atom is 0.224 e. The lowest BCUT2D eigenvalue weighted by Crippen LogP contribution is -2.14. The summed E-state index contributed by atoms with van der Waals surface area (Å²) in [7, 11) is 2.87. The lowest BCUT2D eigenvalue weighted by atomic mass is 10.2. The van der Waals surface area contributed by atoms with Crippen molar-refractivity contribution in [2.24, 2.45) is 0 Å². The first-order valence-corrected chi connectivity index (χ1v) is 5.84. The lowest BCUT2D eigenvalue weighted by Gasteiger charge is -2.11. The highest BCUT2D eigenvalue weighted by molar-refractivity contribution is 6.07. The largest absolute Gasteiger partial charge is 0.494 e. The third kappa shape index (κ3) is 2.85. The Bertz CT molecular complexity index is 632. The standard InChI is InChI=1S/C14H14FN3O2/c1-19-12-8-9(5-6-11(12)15)18-13(16)10-4-3-7-17-14(10)20-2/h3-8H,1-2H3,(H2,16,18). The molecule has 0 unspecified atom stereocenters. The van der Waals surface area contributed by atoms with Crippen molar-refractivity contribution >= 4 is 11.5 Å². The van der Waals surface area contributed by atoms with Gasteiger partial charge in [0, 0.05) is 18.0 Å². The van der Waals surface area contributed by atoms with Gasteiger partial charge in [0.25, 0.3) is 0 Å². The van der Waals surface area contributed by atoms with Gasteiger partial charge in [-0.05, 0) is 24.3 Å². The van der Waals surface area contributed by atoms with Crippen molar-refractivity contribution in [2.75, 3.05) is 19.5 Å². The number of anilines is 1. The van der Waals surface area contributed by atoms with Crippen molar-refractivity contribution in [1.29, 1.82) is 5.41 Å². The Morgan fingerprint density at radius 3 is 2.75 bits per heavy atom. The first-order chi connectivity index (χ1) is 9.65.